The summed E-state index contributed by atoms with van der Waals surface area (Å²) in [6.07, 6.45) is -3.92. The minimum Gasteiger partial charge on any atom is -0.394 e. The van der Waals surface area contributed by atoms with E-state index in [0.717, 1.165) is 32.0 Å². The number of anilines is 1. The zero-order chi connectivity index (χ0) is 23.6. The maximum Gasteiger partial charge on any atom is 0.416 e. The SMILES string of the molecule is CN1CCC(NC[C@H]2O[C@@H](CO)[C@@H](O)[C@H]2N2CCN(c3cccc(C(F)(F)F)c3)CC2)CC1.Cl.Cl.Cl.Cl. The number of ether oxygens (including phenoxy) is 1. The molecule has 3 aliphatic heterocycles. The van der Waals surface area contributed by atoms with Crippen LogP contribution in [-0.2, 0) is 10.9 Å². The van der Waals surface area contributed by atoms with Gasteiger partial charge in [-0.25, -0.2) is 0 Å². The second kappa shape index (κ2) is 16.1. The van der Waals surface area contributed by atoms with Gasteiger partial charge in [0.15, 0.2) is 0 Å². The number of aliphatic hydroxyl groups is 2. The summed E-state index contributed by atoms with van der Waals surface area (Å²) < 4.78 is 45.3. The van der Waals surface area contributed by atoms with Crippen LogP contribution in [0.5, 0.6) is 0 Å². The van der Waals surface area contributed by atoms with Gasteiger partial charge in [-0.3, -0.25) is 4.90 Å². The molecule has 4 rings (SSSR count). The predicted octanol–water partition coefficient (Wildman–Crippen LogP) is 2.69. The van der Waals surface area contributed by atoms with Crippen molar-refractivity contribution in [1.29, 1.82) is 0 Å². The van der Waals surface area contributed by atoms with Gasteiger partial charge in [0.2, 0.25) is 0 Å². The molecule has 218 valence electrons. The fourth-order valence-electron chi connectivity index (χ4n) is 5.25. The molecule has 7 nitrogen and oxygen atoms in total. The number of halogens is 7. The molecule has 0 aromatic heterocycles. The van der Waals surface area contributed by atoms with Gasteiger partial charge in [0.25, 0.3) is 0 Å². The van der Waals surface area contributed by atoms with Crippen molar-refractivity contribution in [1.82, 2.24) is 15.1 Å². The standard InChI is InChI=1S/C23H35F3N4O3.4ClH/c1-28-7-5-17(6-8-28)27-14-19-21(22(32)20(15-31)33-19)30-11-9-29(10-12-30)18-4-2-3-16(13-18)23(24,25)26;;;;/h2-4,13,17,19-22,27,31-32H,5-12,14-15H2,1H3;4*1H/t19-,20+,21+,22-;;;;/m1..../s1. The van der Waals surface area contributed by atoms with Crippen molar-refractivity contribution in [3.8, 4) is 0 Å². The van der Waals surface area contributed by atoms with Gasteiger partial charge in [0, 0.05) is 44.5 Å². The Kier molecular flexibility index (Phi) is 16.0. The lowest BCUT2D eigenvalue weighted by Gasteiger charge is -2.41. The van der Waals surface area contributed by atoms with Gasteiger partial charge in [0.1, 0.15) is 12.2 Å². The van der Waals surface area contributed by atoms with Crippen LogP contribution < -0.4 is 10.2 Å². The number of likely N-dealkylation sites (tertiary alicyclic amines) is 1. The maximum atomic E-state index is 13.1. The van der Waals surface area contributed by atoms with Gasteiger partial charge in [0.05, 0.1) is 24.3 Å². The maximum absolute atomic E-state index is 13.1. The minimum absolute atomic E-state index is 0. The Hall–Kier alpha value is -0.270. The normalized spacial score (nSPS) is 27.5. The second-order valence-electron chi connectivity index (χ2n) is 9.43. The largest absolute Gasteiger partial charge is 0.416 e. The number of piperidine rings is 1. The molecule has 1 aromatic rings. The molecule has 0 spiro atoms. The second-order valence-corrected chi connectivity index (χ2v) is 9.43. The Bertz CT molecular complexity index is 786. The zero-order valence-electron chi connectivity index (χ0n) is 20.7. The highest BCUT2D eigenvalue weighted by molar-refractivity contribution is 5.86. The van der Waals surface area contributed by atoms with Gasteiger partial charge in [-0.05, 0) is 51.2 Å². The van der Waals surface area contributed by atoms with Crippen LogP contribution in [0.1, 0.15) is 18.4 Å². The van der Waals surface area contributed by atoms with Gasteiger partial charge < -0.3 is 30.1 Å². The summed E-state index contributed by atoms with van der Waals surface area (Å²) >= 11 is 0. The summed E-state index contributed by atoms with van der Waals surface area (Å²) in [7, 11) is 2.12. The number of nitrogens with zero attached hydrogens (tertiary/aromatic N) is 3. The molecule has 1 aromatic carbocycles. The fourth-order valence-corrected chi connectivity index (χ4v) is 5.25. The van der Waals surface area contributed by atoms with Crippen LogP contribution >= 0.6 is 49.6 Å². The molecule has 0 unspecified atom stereocenters. The van der Waals surface area contributed by atoms with E-state index < -0.39 is 23.9 Å². The average molecular weight is 618 g/mol. The smallest absolute Gasteiger partial charge is 0.394 e. The third-order valence-corrected chi connectivity index (χ3v) is 7.24. The minimum atomic E-state index is -4.36. The van der Waals surface area contributed by atoms with Gasteiger partial charge >= 0.3 is 6.18 Å². The molecule has 4 atom stereocenters. The summed E-state index contributed by atoms with van der Waals surface area (Å²) in [5.41, 5.74) is -0.0886. The van der Waals surface area contributed by atoms with Crippen LogP contribution in [0.4, 0.5) is 18.9 Å². The van der Waals surface area contributed by atoms with Crippen LogP contribution in [-0.4, -0.2) is 110 Å². The number of benzene rings is 1. The predicted molar refractivity (Wildman–Crippen MR) is 148 cm³/mol. The van der Waals surface area contributed by atoms with Gasteiger partial charge in [-0.2, -0.15) is 13.2 Å². The Balaban J connectivity index is 0.00000324. The summed E-state index contributed by atoms with van der Waals surface area (Å²) in [4.78, 5) is 6.41. The summed E-state index contributed by atoms with van der Waals surface area (Å²) in [5, 5.41) is 24.1. The highest BCUT2D eigenvalue weighted by atomic mass is 35.5. The number of alkyl halides is 3. The molecule has 14 heteroatoms. The topological polar surface area (TPSA) is 71.4 Å². The van der Waals surface area contributed by atoms with Crippen LogP contribution in [0.15, 0.2) is 24.3 Å². The first-order chi connectivity index (χ1) is 15.8. The van der Waals surface area contributed by atoms with Crippen LogP contribution in [0, 0.1) is 0 Å². The average Bonchev–Trinajstić information content (AvgIpc) is 3.13. The number of nitrogens with one attached hydrogen (secondary N) is 1. The number of rotatable bonds is 6. The molecular formula is C23H39Cl4F3N4O3. The van der Waals surface area contributed by atoms with Crippen molar-refractivity contribution in [3.05, 3.63) is 29.8 Å². The molecule has 0 bridgehead atoms. The molecule has 0 radical (unpaired) electrons. The van der Waals surface area contributed by atoms with E-state index in [4.69, 9.17) is 4.74 Å². The fraction of sp³-hybridized carbons (Fsp3) is 0.739. The van der Waals surface area contributed by atoms with E-state index in [9.17, 15) is 23.4 Å². The molecule has 3 heterocycles. The van der Waals surface area contributed by atoms with Crippen molar-refractivity contribution in [2.45, 2.75) is 49.4 Å². The van der Waals surface area contributed by atoms with Gasteiger partial charge in [-0.1, -0.05) is 6.07 Å². The molecule has 3 N–H and O–H groups in total. The molecule has 3 fully saturated rings. The Morgan fingerprint density at radius 1 is 0.973 bits per heavy atom. The summed E-state index contributed by atoms with van der Waals surface area (Å²) in [5.74, 6) is 0. The summed E-state index contributed by atoms with van der Waals surface area (Å²) in [6.45, 7) is 4.77. The van der Waals surface area contributed by atoms with E-state index in [2.05, 4.69) is 22.2 Å². The number of piperazine rings is 1. The monoisotopic (exact) mass is 616 g/mol. The van der Waals surface area contributed by atoms with E-state index in [0.29, 0.717) is 44.5 Å². The number of hydrogen-bond acceptors (Lipinski definition) is 7. The lowest BCUT2D eigenvalue weighted by Crippen LogP contribution is -2.58. The summed E-state index contributed by atoms with van der Waals surface area (Å²) in [6, 6.07) is 5.57. The molecule has 0 saturated carbocycles. The molecule has 3 saturated heterocycles. The van der Waals surface area contributed by atoms with Crippen LogP contribution in [0.3, 0.4) is 0 Å². The van der Waals surface area contributed by atoms with Gasteiger partial charge in [-0.15, -0.1) is 49.6 Å². The molecule has 0 amide bonds. The number of aliphatic hydroxyl groups excluding tert-OH is 2. The first-order valence-electron chi connectivity index (χ1n) is 11.8. The van der Waals surface area contributed by atoms with Crippen LogP contribution in [0.25, 0.3) is 0 Å². The molecule has 3 aliphatic rings. The van der Waals surface area contributed by atoms with E-state index in [1.165, 1.54) is 12.1 Å². The Morgan fingerprint density at radius 3 is 2.16 bits per heavy atom. The van der Waals surface area contributed by atoms with E-state index >= 15 is 0 Å². The molecule has 0 aliphatic carbocycles. The third-order valence-electron chi connectivity index (χ3n) is 7.24. The Labute approximate surface area is 241 Å². The first kappa shape index (κ1) is 36.7. The van der Waals surface area contributed by atoms with Crippen molar-refractivity contribution in [3.63, 3.8) is 0 Å². The lowest BCUT2D eigenvalue weighted by molar-refractivity contribution is -0.137. The highest BCUT2D eigenvalue weighted by Crippen LogP contribution is 2.32. The van der Waals surface area contributed by atoms with Crippen molar-refractivity contribution >= 4 is 55.3 Å². The van der Waals surface area contributed by atoms with Crippen LogP contribution in [0.2, 0.25) is 0 Å². The van der Waals surface area contributed by atoms with E-state index in [-0.39, 0.29) is 68.4 Å². The zero-order valence-corrected chi connectivity index (χ0v) is 23.9. The molecule has 37 heavy (non-hydrogen) atoms. The third kappa shape index (κ3) is 9.13. The Morgan fingerprint density at radius 2 is 1.59 bits per heavy atom. The van der Waals surface area contributed by atoms with Crippen molar-refractivity contribution in [2.24, 2.45) is 0 Å². The lowest BCUT2D eigenvalue weighted by atomic mass is 10.00. The van der Waals surface area contributed by atoms with E-state index in [1.807, 2.05) is 4.90 Å². The van der Waals surface area contributed by atoms with Crippen molar-refractivity contribution < 1.29 is 28.1 Å². The quantitative estimate of drug-likeness (QED) is 0.453. The van der Waals surface area contributed by atoms with Crippen molar-refractivity contribution in [2.75, 3.05) is 64.4 Å². The van der Waals surface area contributed by atoms with E-state index in [1.54, 1.807) is 6.07 Å². The first-order valence-corrected chi connectivity index (χ1v) is 11.8. The highest BCUT2D eigenvalue weighted by Gasteiger charge is 2.46. The molecular weight excluding hydrogens is 579 g/mol. The number of hydrogen-bond donors (Lipinski definition) is 3.